The molecule has 144 valence electrons. The minimum Gasteiger partial charge on any atom is -0.309 e. The van der Waals surface area contributed by atoms with Gasteiger partial charge in [-0.2, -0.15) is 10.2 Å². The molecule has 4 aromatic rings. The van der Waals surface area contributed by atoms with Crippen LogP contribution in [0.1, 0.15) is 29.0 Å². The van der Waals surface area contributed by atoms with Gasteiger partial charge in [-0.25, -0.2) is 4.39 Å². The van der Waals surface area contributed by atoms with E-state index in [-0.39, 0.29) is 17.6 Å². The van der Waals surface area contributed by atoms with Gasteiger partial charge < -0.3 is 5.32 Å². The van der Waals surface area contributed by atoms with E-state index < -0.39 is 0 Å². The van der Waals surface area contributed by atoms with E-state index in [1.165, 1.54) is 12.1 Å². The van der Waals surface area contributed by atoms with Gasteiger partial charge in [0, 0.05) is 35.2 Å². The monoisotopic (exact) mass is 387 g/mol. The molecule has 0 spiro atoms. The fourth-order valence-electron chi connectivity index (χ4n) is 3.80. The molecule has 29 heavy (non-hydrogen) atoms. The third kappa shape index (κ3) is 3.31. The fraction of sp³-hybridized carbons (Fsp3) is 0.136. The standard InChI is InChI=1S/C22H18FN5O/c23-16-8-6-15(7-9-16)21-18(11-24-26-21)17-10-20(29)25-22-19(17)13-28(27-22)12-14-4-2-1-3-5-14/h1-9,11,13,17H,10,12H2,(H,24,26)(H,25,27,29)/t17-/m1/s1. The SMILES string of the molecule is O=C1C[C@H](c2cn[nH]c2-c2ccc(F)cc2)c2cn(Cc3ccccc3)nc2N1. The summed E-state index contributed by atoms with van der Waals surface area (Å²) in [4.78, 5) is 12.4. The molecule has 0 bridgehead atoms. The molecule has 6 nitrogen and oxygen atoms in total. The van der Waals surface area contributed by atoms with Crippen molar-refractivity contribution in [1.82, 2.24) is 20.0 Å². The van der Waals surface area contributed by atoms with Gasteiger partial charge in [0.15, 0.2) is 5.82 Å². The zero-order valence-electron chi connectivity index (χ0n) is 15.5. The van der Waals surface area contributed by atoms with E-state index in [1.807, 2.05) is 41.2 Å². The molecule has 0 unspecified atom stereocenters. The van der Waals surface area contributed by atoms with Gasteiger partial charge in [0.05, 0.1) is 18.4 Å². The predicted octanol–water partition coefficient (Wildman–Crippen LogP) is 3.93. The normalized spacial score (nSPS) is 15.8. The molecule has 7 heteroatoms. The van der Waals surface area contributed by atoms with Crippen molar-refractivity contribution in [2.45, 2.75) is 18.9 Å². The third-order valence-electron chi connectivity index (χ3n) is 5.18. The molecule has 1 atom stereocenters. The lowest BCUT2D eigenvalue weighted by Gasteiger charge is -2.21. The van der Waals surface area contributed by atoms with Crippen molar-refractivity contribution in [1.29, 1.82) is 0 Å². The quantitative estimate of drug-likeness (QED) is 0.557. The van der Waals surface area contributed by atoms with Crippen molar-refractivity contribution in [2.75, 3.05) is 5.32 Å². The molecule has 1 aliphatic rings. The molecule has 0 saturated carbocycles. The number of aromatic nitrogens is 4. The van der Waals surface area contributed by atoms with Gasteiger partial charge in [0.1, 0.15) is 5.82 Å². The lowest BCUT2D eigenvalue weighted by Crippen LogP contribution is -2.23. The maximum Gasteiger partial charge on any atom is 0.226 e. The number of fused-ring (bicyclic) bond motifs is 1. The van der Waals surface area contributed by atoms with Crippen LogP contribution in [0.2, 0.25) is 0 Å². The number of anilines is 1. The maximum absolute atomic E-state index is 13.3. The van der Waals surface area contributed by atoms with E-state index in [4.69, 9.17) is 0 Å². The number of carbonyl (C=O) groups is 1. The highest BCUT2D eigenvalue weighted by atomic mass is 19.1. The number of carbonyl (C=O) groups excluding carboxylic acids is 1. The first-order chi connectivity index (χ1) is 14.2. The van der Waals surface area contributed by atoms with Crippen LogP contribution in [0.5, 0.6) is 0 Å². The summed E-state index contributed by atoms with van der Waals surface area (Å²) in [6.45, 7) is 0.618. The summed E-state index contributed by atoms with van der Waals surface area (Å²) in [5, 5.41) is 14.6. The number of aromatic amines is 1. The summed E-state index contributed by atoms with van der Waals surface area (Å²) in [6, 6.07) is 16.3. The molecule has 0 fully saturated rings. The van der Waals surface area contributed by atoms with Crippen molar-refractivity contribution in [3.05, 3.63) is 89.5 Å². The van der Waals surface area contributed by atoms with Gasteiger partial charge in [-0.1, -0.05) is 30.3 Å². The van der Waals surface area contributed by atoms with Gasteiger partial charge >= 0.3 is 0 Å². The van der Waals surface area contributed by atoms with E-state index in [2.05, 4.69) is 20.6 Å². The summed E-state index contributed by atoms with van der Waals surface area (Å²) >= 11 is 0. The molecule has 0 radical (unpaired) electrons. The minimum absolute atomic E-state index is 0.0845. The summed E-state index contributed by atoms with van der Waals surface area (Å²) in [6.07, 6.45) is 4.02. The highest BCUT2D eigenvalue weighted by molar-refractivity contribution is 5.94. The van der Waals surface area contributed by atoms with Crippen LogP contribution < -0.4 is 5.32 Å². The molecule has 3 heterocycles. The van der Waals surface area contributed by atoms with Crippen LogP contribution in [0.15, 0.2) is 67.0 Å². The topological polar surface area (TPSA) is 75.6 Å². The Balaban J connectivity index is 1.53. The zero-order chi connectivity index (χ0) is 19.8. The van der Waals surface area contributed by atoms with Gasteiger partial charge in [0.2, 0.25) is 5.91 Å². The van der Waals surface area contributed by atoms with E-state index in [1.54, 1.807) is 18.3 Å². The second-order valence-corrected chi connectivity index (χ2v) is 7.13. The Morgan fingerprint density at radius 3 is 2.66 bits per heavy atom. The van der Waals surface area contributed by atoms with Crippen LogP contribution >= 0.6 is 0 Å². The second kappa shape index (κ2) is 7.01. The molecule has 5 rings (SSSR count). The molecular weight excluding hydrogens is 369 g/mol. The van der Waals surface area contributed by atoms with Crippen molar-refractivity contribution < 1.29 is 9.18 Å². The van der Waals surface area contributed by atoms with Crippen LogP contribution in [0, 0.1) is 5.82 Å². The Morgan fingerprint density at radius 1 is 1.07 bits per heavy atom. The Hall–Kier alpha value is -3.74. The molecule has 0 aliphatic carbocycles. The highest BCUT2D eigenvalue weighted by Crippen LogP contribution is 2.39. The molecule has 1 amide bonds. The Bertz CT molecular complexity index is 1160. The van der Waals surface area contributed by atoms with Gasteiger partial charge in [-0.05, 0) is 29.8 Å². The second-order valence-electron chi connectivity index (χ2n) is 7.13. The molecule has 2 aromatic carbocycles. The first kappa shape index (κ1) is 17.4. The lowest BCUT2D eigenvalue weighted by atomic mass is 9.86. The minimum atomic E-state index is -0.295. The first-order valence-corrected chi connectivity index (χ1v) is 9.38. The molecule has 2 aromatic heterocycles. The largest absolute Gasteiger partial charge is 0.309 e. The average Bonchev–Trinajstić information content (AvgIpc) is 3.35. The van der Waals surface area contributed by atoms with Gasteiger partial charge in [-0.15, -0.1) is 0 Å². The van der Waals surface area contributed by atoms with E-state index in [9.17, 15) is 9.18 Å². The lowest BCUT2D eigenvalue weighted by molar-refractivity contribution is -0.116. The predicted molar refractivity (Wildman–Crippen MR) is 107 cm³/mol. The summed E-state index contributed by atoms with van der Waals surface area (Å²) in [5.74, 6) is 0.0190. The van der Waals surface area contributed by atoms with Crippen LogP contribution in [0.25, 0.3) is 11.3 Å². The van der Waals surface area contributed by atoms with Gasteiger partial charge in [0.25, 0.3) is 0 Å². The zero-order valence-corrected chi connectivity index (χ0v) is 15.5. The maximum atomic E-state index is 13.3. The summed E-state index contributed by atoms with van der Waals surface area (Å²) in [5.41, 5.74) is 4.58. The van der Waals surface area contributed by atoms with E-state index >= 15 is 0 Å². The van der Waals surface area contributed by atoms with Crippen molar-refractivity contribution in [3.63, 3.8) is 0 Å². The average molecular weight is 387 g/mol. The molecular formula is C22H18FN5O. The van der Waals surface area contributed by atoms with Crippen LogP contribution in [0.3, 0.4) is 0 Å². The third-order valence-corrected chi connectivity index (χ3v) is 5.18. The number of H-pyrrole nitrogens is 1. The summed E-state index contributed by atoms with van der Waals surface area (Å²) in [7, 11) is 0. The number of hydrogen-bond acceptors (Lipinski definition) is 3. The molecule has 1 aliphatic heterocycles. The Labute approximate surface area is 166 Å². The van der Waals surface area contributed by atoms with Crippen LogP contribution in [-0.4, -0.2) is 25.9 Å². The van der Waals surface area contributed by atoms with Crippen molar-refractivity contribution >= 4 is 11.7 Å². The first-order valence-electron chi connectivity index (χ1n) is 9.38. The molecule has 2 N–H and O–H groups in total. The number of amides is 1. The number of rotatable bonds is 4. The van der Waals surface area contributed by atoms with Gasteiger partial charge in [-0.3, -0.25) is 14.6 Å². The fourth-order valence-corrected chi connectivity index (χ4v) is 3.80. The van der Waals surface area contributed by atoms with E-state index in [0.29, 0.717) is 18.8 Å². The number of halogens is 1. The number of benzene rings is 2. The van der Waals surface area contributed by atoms with Crippen LogP contribution in [-0.2, 0) is 11.3 Å². The summed E-state index contributed by atoms with van der Waals surface area (Å²) < 4.78 is 15.2. The Morgan fingerprint density at radius 2 is 1.86 bits per heavy atom. The number of hydrogen-bond donors (Lipinski definition) is 2. The number of nitrogens with one attached hydrogen (secondary N) is 2. The van der Waals surface area contributed by atoms with Crippen molar-refractivity contribution in [3.8, 4) is 11.3 Å². The Kier molecular flexibility index (Phi) is 4.20. The van der Waals surface area contributed by atoms with Crippen molar-refractivity contribution in [2.24, 2.45) is 0 Å². The van der Waals surface area contributed by atoms with E-state index in [0.717, 1.165) is 27.9 Å². The smallest absolute Gasteiger partial charge is 0.226 e. The highest BCUT2D eigenvalue weighted by Gasteiger charge is 2.32. The molecule has 0 saturated heterocycles. The number of nitrogens with zero attached hydrogens (tertiary/aromatic N) is 3. The van der Waals surface area contributed by atoms with Crippen LogP contribution in [0.4, 0.5) is 10.2 Å².